The van der Waals surface area contributed by atoms with Crippen LogP contribution in [-0.4, -0.2) is 7.05 Å². The van der Waals surface area contributed by atoms with Gasteiger partial charge >= 0.3 is 0 Å². The van der Waals surface area contributed by atoms with Crippen molar-refractivity contribution < 1.29 is 0 Å². The lowest BCUT2D eigenvalue weighted by Crippen LogP contribution is -2.37. The third-order valence-corrected chi connectivity index (χ3v) is 14.4. The smallest absolute Gasteiger partial charge is 0.0497 e. The number of benzene rings is 6. The highest BCUT2D eigenvalue weighted by Gasteiger charge is 2.52. The second kappa shape index (κ2) is 15.5. The summed E-state index contributed by atoms with van der Waals surface area (Å²) in [7, 11) is 2.06. The van der Waals surface area contributed by atoms with Crippen LogP contribution in [0.2, 0.25) is 0 Å². The maximum absolute atomic E-state index is 3.60. The molecule has 0 aliphatic heterocycles. The van der Waals surface area contributed by atoms with Gasteiger partial charge in [-0.2, -0.15) is 0 Å². The second-order valence-corrected chi connectivity index (χ2v) is 17.9. The Morgan fingerprint density at radius 2 is 1.38 bits per heavy atom. The SMILES string of the molecule is CN/C(=C\C(=C/CC1=CC2CC2C=C1)Cc1ccccc1)c1ccc(CC2(c3ccccc3)c3ccccc3C3(C4=CCCC=C4)Cc4c(cccc42)-c2ccccc23)cc1. The van der Waals surface area contributed by atoms with Crippen LogP contribution in [0.4, 0.5) is 0 Å². The van der Waals surface area contributed by atoms with Gasteiger partial charge < -0.3 is 5.32 Å². The van der Waals surface area contributed by atoms with Crippen molar-refractivity contribution in [3.63, 3.8) is 0 Å². The Balaban J connectivity index is 1.04. The zero-order valence-electron chi connectivity index (χ0n) is 35.2. The molecule has 0 saturated heterocycles. The van der Waals surface area contributed by atoms with E-state index in [1.165, 1.54) is 84.3 Å². The van der Waals surface area contributed by atoms with Gasteiger partial charge in [0, 0.05) is 23.6 Å². The molecule has 61 heavy (non-hydrogen) atoms. The van der Waals surface area contributed by atoms with Gasteiger partial charge in [-0.05, 0) is 141 Å². The van der Waals surface area contributed by atoms with Gasteiger partial charge in [-0.25, -0.2) is 0 Å². The number of hydrogen-bond donors (Lipinski definition) is 1. The van der Waals surface area contributed by atoms with Crippen molar-refractivity contribution in [3.05, 3.63) is 267 Å². The minimum absolute atomic E-state index is 0.296. The highest BCUT2D eigenvalue weighted by Crippen LogP contribution is 2.60. The zero-order chi connectivity index (χ0) is 40.8. The van der Waals surface area contributed by atoms with E-state index in [2.05, 4.69) is 213 Å². The van der Waals surface area contributed by atoms with E-state index < -0.39 is 5.41 Å². The lowest BCUT2D eigenvalue weighted by molar-refractivity contribution is 0.588. The molecule has 0 heterocycles. The van der Waals surface area contributed by atoms with Gasteiger partial charge in [0.05, 0.1) is 0 Å². The van der Waals surface area contributed by atoms with E-state index >= 15 is 0 Å². The van der Waals surface area contributed by atoms with Crippen LogP contribution in [0.1, 0.15) is 75.8 Å². The molecule has 0 aromatic heterocycles. The molecule has 0 radical (unpaired) electrons. The first-order chi connectivity index (χ1) is 30.1. The number of nitrogens with one attached hydrogen (secondary N) is 1. The first-order valence-electron chi connectivity index (χ1n) is 22.5. The van der Waals surface area contributed by atoms with Crippen molar-refractivity contribution in [2.24, 2.45) is 11.8 Å². The molecule has 6 aromatic carbocycles. The predicted octanol–water partition coefficient (Wildman–Crippen LogP) is 13.6. The molecule has 1 saturated carbocycles. The van der Waals surface area contributed by atoms with Gasteiger partial charge in [0.15, 0.2) is 0 Å². The van der Waals surface area contributed by atoms with Crippen LogP contribution in [-0.2, 0) is 30.1 Å². The molecule has 4 atom stereocenters. The molecule has 6 aromatic rings. The van der Waals surface area contributed by atoms with Crippen molar-refractivity contribution in [3.8, 4) is 11.1 Å². The third kappa shape index (κ3) is 6.54. The molecule has 1 heteroatoms. The summed E-state index contributed by atoms with van der Waals surface area (Å²) in [5, 5.41) is 3.60. The highest BCUT2D eigenvalue weighted by atomic mass is 14.8. The first-order valence-corrected chi connectivity index (χ1v) is 22.5. The van der Waals surface area contributed by atoms with Gasteiger partial charge in [-0.3, -0.25) is 0 Å². The van der Waals surface area contributed by atoms with Crippen molar-refractivity contribution in [2.45, 2.75) is 55.8 Å². The number of rotatable bonds is 11. The van der Waals surface area contributed by atoms with Crippen molar-refractivity contribution in [1.29, 1.82) is 0 Å². The Morgan fingerprint density at radius 1 is 0.656 bits per heavy atom. The molecule has 4 unspecified atom stereocenters. The van der Waals surface area contributed by atoms with Crippen LogP contribution in [0.15, 0.2) is 217 Å². The second-order valence-electron chi connectivity index (χ2n) is 17.9. The van der Waals surface area contributed by atoms with E-state index in [9.17, 15) is 0 Å². The molecule has 1 nitrogen and oxygen atoms in total. The lowest BCUT2D eigenvalue weighted by Gasteiger charge is -2.43. The molecule has 1 N–H and O–H groups in total. The van der Waals surface area contributed by atoms with E-state index in [1.807, 2.05) is 0 Å². The standard InChI is InChI=1S/C60H53N/c1-61-58(38-45(36-42-16-5-2-6-17-42)29-28-43-30-35-47-39-48(47)37-43)46-33-31-44(32-34-46)40-59(49-18-7-3-8-19-49)55-27-15-23-51-52-22-11-12-24-54(52)60(41-53(51)55,50-20-9-4-10-21-50)57-26-14-13-25-56(57)59/h2-3,5-9,11-27,29-35,37-38,47-48,61H,4,10,28,36,39-41H2,1H3/b45-29-,58-38-. The van der Waals surface area contributed by atoms with Crippen molar-refractivity contribution in [1.82, 2.24) is 5.32 Å². The van der Waals surface area contributed by atoms with Crippen molar-refractivity contribution in [2.75, 3.05) is 7.05 Å². The molecule has 5 aliphatic carbocycles. The van der Waals surface area contributed by atoms with Crippen LogP contribution in [0.25, 0.3) is 16.8 Å². The summed E-state index contributed by atoms with van der Waals surface area (Å²) in [5.74, 6) is 1.54. The van der Waals surface area contributed by atoms with Gasteiger partial charge in [0.2, 0.25) is 0 Å². The lowest BCUT2D eigenvalue weighted by atomic mass is 9.59. The predicted molar refractivity (Wildman–Crippen MR) is 254 cm³/mol. The van der Waals surface area contributed by atoms with E-state index in [4.69, 9.17) is 0 Å². The Bertz CT molecular complexity index is 2810. The maximum atomic E-state index is 3.60. The monoisotopic (exact) mass is 787 g/mol. The van der Waals surface area contributed by atoms with E-state index in [-0.39, 0.29) is 5.41 Å². The number of fused-ring (bicyclic) bond motifs is 3. The van der Waals surface area contributed by atoms with Crippen LogP contribution in [0.3, 0.4) is 0 Å². The van der Waals surface area contributed by atoms with Crippen molar-refractivity contribution >= 4 is 5.70 Å². The fourth-order valence-electron chi connectivity index (χ4n) is 11.4. The van der Waals surface area contributed by atoms with Crippen LogP contribution in [0.5, 0.6) is 0 Å². The number of allylic oxidation sites excluding steroid dienone is 11. The minimum Gasteiger partial charge on any atom is -0.388 e. The highest BCUT2D eigenvalue weighted by molar-refractivity contribution is 5.83. The summed E-state index contributed by atoms with van der Waals surface area (Å²) < 4.78 is 0. The maximum Gasteiger partial charge on any atom is 0.0497 e. The molecule has 4 bridgehead atoms. The van der Waals surface area contributed by atoms with E-state index in [0.29, 0.717) is 0 Å². The summed E-state index contributed by atoms with van der Waals surface area (Å²) in [6, 6.07) is 57.6. The Morgan fingerprint density at radius 3 is 2.15 bits per heavy atom. The fourth-order valence-corrected chi connectivity index (χ4v) is 11.4. The average Bonchev–Trinajstić information content (AvgIpc) is 4.13. The Hall–Kier alpha value is -6.44. The molecule has 0 amide bonds. The Kier molecular flexibility index (Phi) is 9.57. The van der Waals surface area contributed by atoms with Gasteiger partial charge in [0.1, 0.15) is 0 Å². The average molecular weight is 788 g/mol. The summed E-state index contributed by atoms with van der Waals surface area (Å²) in [5.41, 5.74) is 19.7. The van der Waals surface area contributed by atoms with Crippen LogP contribution in [0, 0.1) is 11.8 Å². The zero-order valence-corrected chi connectivity index (χ0v) is 35.2. The minimum atomic E-state index is -0.427. The Labute approximate surface area is 362 Å². The molecule has 1 fully saturated rings. The largest absolute Gasteiger partial charge is 0.388 e. The molecule has 298 valence electrons. The summed E-state index contributed by atoms with van der Waals surface area (Å²) >= 11 is 0. The van der Waals surface area contributed by atoms with E-state index in [1.54, 1.807) is 0 Å². The number of hydrogen-bond acceptors (Lipinski definition) is 1. The van der Waals surface area contributed by atoms with Gasteiger partial charge in [0.25, 0.3) is 0 Å². The van der Waals surface area contributed by atoms with Crippen LogP contribution >= 0.6 is 0 Å². The molecule has 11 rings (SSSR count). The summed E-state index contributed by atoms with van der Waals surface area (Å²) in [6.45, 7) is 0. The normalized spacial score (nSPS) is 23.2. The van der Waals surface area contributed by atoms with Gasteiger partial charge in [-0.15, -0.1) is 0 Å². The quantitative estimate of drug-likeness (QED) is 0.129. The third-order valence-electron chi connectivity index (χ3n) is 14.4. The molecular weight excluding hydrogens is 735 g/mol. The summed E-state index contributed by atoms with van der Waals surface area (Å²) in [4.78, 5) is 0. The molecule has 5 aliphatic rings. The van der Waals surface area contributed by atoms with Crippen LogP contribution < -0.4 is 5.32 Å². The van der Waals surface area contributed by atoms with Gasteiger partial charge in [-0.1, -0.05) is 194 Å². The molecule has 0 spiro atoms. The first kappa shape index (κ1) is 37.6. The van der Waals surface area contributed by atoms with E-state index in [0.717, 1.165) is 56.1 Å². The fraction of sp³-hybridized carbons (Fsp3) is 0.200. The topological polar surface area (TPSA) is 12.0 Å². The summed E-state index contributed by atoms with van der Waals surface area (Å²) in [6.07, 6.45) is 26.6. The molecular formula is C60H53N.